The van der Waals surface area contributed by atoms with E-state index >= 15 is 0 Å². The maximum atomic E-state index is 12.4. The highest BCUT2D eigenvalue weighted by atomic mass is 16.7. The zero-order chi connectivity index (χ0) is 20.4. The van der Waals surface area contributed by atoms with Gasteiger partial charge in [0.15, 0.2) is 0 Å². The Balaban J connectivity index is 1.59. The number of imidazole rings is 1. The number of aromatic nitrogens is 2. The second-order valence-corrected chi connectivity index (χ2v) is 7.24. The summed E-state index contributed by atoms with van der Waals surface area (Å²) in [6, 6.07) is 14.0. The summed E-state index contributed by atoms with van der Waals surface area (Å²) < 4.78 is 2.01. The number of hydrogen-bond donors (Lipinski definition) is 0. The maximum Gasteiger partial charge on any atom is 0.277 e. The highest BCUT2D eigenvalue weighted by molar-refractivity contribution is 5.97. The lowest BCUT2D eigenvalue weighted by atomic mass is 10.1. The molecular formula is C22H27N5O2. The number of hydroxylamine groups is 2. The molecule has 1 amide bonds. The lowest BCUT2D eigenvalue weighted by molar-refractivity contribution is -0.0756. The third kappa shape index (κ3) is 3.83. The lowest BCUT2D eigenvalue weighted by Gasteiger charge is -2.35. The summed E-state index contributed by atoms with van der Waals surface area (Å²) in [5, 5.41) is 1.22. The normalized spacial score (nSPS) is 15.1. The Hall–Kier alpha value is -2.90. The van der Waals surface area contributed by atoms with Crippen LogP contribution in [-0.2, 0) is 4.84 Å². The number of piperazine rings is 1. The van der Waals surface area contributed by atoms with Gasteiger partial charge in [0.05, 0.1) is 18.1 Å². The molecule has 0 unspecified atom stereocenters. The highest BCUT2D eigenvalue weighted by Gasteiger charge is 2.17. The number of carbonyl (C=O) groups excluding carboxylic acids is 1. The van der Waals surface area contributed by atoms with Crippen LogP contribution in [0.15, 0.2) is 48.8 Å². The van der Waals surface area contributed by atoms with E-state index in [4.69, 9.17) is 4.84 Å². The molecule has 1 aliphatic rings. The van der Waals surface area contributed by atoms with Crippen LogP contribution in [-0.4, -0.2) is 72.3 Å². The molecule has 1 saturated heterocycles. The molecule has 7 nitrogen and oxygen atoms in total. The second-order valence-electron chi connectivity index (χ2n) is 7.24. The maximum absolute atomic E-state index is 12.4. The van der Waals surface area contributed by atoms with Crippen molar-refractivity contribution in [1.29, 1.82) is 0 Å². The first-order chi connectivity index (χ1) is 14.1. The first kappa shape index (κ1) is 19.4. The fraction of sp³-hybridized carbons (Fsp3) is 0.364. The number of amides is 1. The number of hydrogen-bond acceptors (Lipinski definition) is 5. The Morgan fingerprint density at radius 3 is 2.41 bits per heavy atom. The Kier molecular flexibility index (Phi) is 5.51. The third-order valence-corrected chi connectivity index (χ3v) is 5.67. The number of carbonyl (C=O) groups is 1. The van der Waals surface area contributed by atoms with Crippen LogP contribution in [0.5, 0.6) is 0 Å². The summed E-state index contributed by atoms with van der Waals surface area (Å²) >= 11 is 0. The van der Waals surface area contributed by atoms with Crippen LogP contribution in [0.1, 0.15) is 17.3 Å². The van der Waals surface area contributed by atoms with Gasteiger partial charge < -0.3 is 9.80 Å². The van der Waals surface area contributed by atoms with E-state index in [1.165, 1.54) is 17.9 Å². The fourth-order valence-electron chi connectivity index (χ4n) is 3.76. The second kappa shape index (κ2) is 8.23. The van der Waals surface area contributed by atoms with E-state index in [-0.39, 0.29) is 5.91 Å². The van der Waals surface area contributed by atoms with Crippen LogP contribution in [0.25, 0.3) is 16.7 Å². The summed E-state index contributed by atoms with van der Waals surface area (Å²) in [5.41, 5.74) is 4.57. The number of likely N-dealkylation sites (N-methyl/N-ethyl adjacent to an activating group) is 1. The SMILES string of the molecule is CCN1CCN(c2ccc(-n3cnc4ccc(C(=O)N(C)OC)cc43)cc2)CC1. The number of fused-ring (bicyclic) bond motifs is 1. The van der Waals surface area contributed by atoms with Gasteiger partial charge in [-0.2, -0.15) is 0 Å². The summed E-state index contributed by atoms with van der Waals surface area (Å²) in [4.78, 5) is 26.8. The van der Waals surface area contributed by atoms with Crippen molar-refractivity contribution in [3.63, 3.8) is 0 Å². The molecule has 0 spiro atoms. The molecule has 1 fully saturated rings. The van der Waals surface area contributed by atoms with Crippen molar-refractivity contribution in [2.45, 2.75) is 6.92 Å². The van der Waals surface area contributed by atoms with Crippen LogP contribution < -0.4 is 4.90 Å². The van der Waals surface area contributed by atoms with E-state index in [0.29, 0.717) is 5.56 Å². The fourth-order valence-corrected chi connectivity index (χ4v) is 3.76. The van der Waals surface area contributed by atoms with Gasteiger partial charge in [0.1, 0.15) is 6.33 Å². The van der Waals surface area contributed by atoms with Crippen molar-refractivity contribution in [2.24, 2.45) is 0 Å². The zero-order valence-electron chi connectivity index (χ0n) is 17.2. The summed E-state index contributed by atoms with van der Waals surface area (Å²) in [6.07, 6.45) is 1.80. The Morgan fingerprint density at radius 1 is 1.07 bits per heavy atom. The Morgan fingerprint density at radius 2 is 1.76 bits per heavy atom. The Labute approximate surface area is 171 Å². The molecule has 3 aromatic rings. The van der Waals surface area contributed by atoms with E-state index in [1.54, 1.807) is 19.4 Å². The number of benzene rings is 2. The quantitative estimate of drug-likeness (QED) is 0.624. The van der Waals surface area contributed by atoms with E-state index in [1.807, 2.05) is 16.7 Å². The van der Waals surface area contributed by atoms with Crippen molar-refractivity contribution in [3.8, 4) is 5.69 Å². The van der Waals surface area contributed by atoms with Gasteiger partial charge in [-0.15, -0.1) is 0 Å². The molecule has 0 N–H and O–H groups in total. The van der Waals surface area contributed by atoms with Gasteiger partial charge >= 0.3 is 0 Å². The first-order valence-corrected chi connectivity index (χ1v) is 9.97. The van der Waals surface area contributed by atoms with Gasteiger partial charge in [-0.25, -0.2) is 10.0 Å². The molecule has 7 heteroatoms. The van der Waals surface area contributed by atoms with Gasteiger partial charge in [-0.05, 0) is 49.0 Å². The lowest BCUT2D eigenvalue weighted by Crippen LogP contribution is -2.46. The van der Waals surface area contributed by atoms with Crippen LogP contribution in [0, 0.1) is 0 Å². The first-order valence-electron chi connectivity index (χ1n) is 9.97. The molecule has 0 saturated carbocycles. The van der Waals surface area contributed by atoms with Gasteiger partial charge in [0, 0.05) is 50.2 Å². The number of rotatable bonds is 5. The van der Waals surface area contributed by atoms with Gasteiger partial charge in [0.2, 0.25) is 0 Å². The minimum absolute atomic E-state index is 0.191. The molecule has 0 bridgehead atoms. The summed E-state index contributed by atoms with van der Waals surface area (Å²) in [7, 11) is 3.08. The van der Waals surface area contributed by atoms with Crippen LogP contribution >= 0.6 is 0 Å². The molecule has 1 aliphatic heterocycles. The van der Waals surface area contributed by atoms with Crippen molar-refractivity contribution in [3.05, 3.63) is 54.4 Å². The van der Waals surface area contributed by atoms with Gasteiger partial charge in [-0.3, -0.25) is 14.2 Å². The van der Waals surface area contributed by atoms with E-state index in [9.17, 15) is 4.79 Å². The molecule has 2 heterocycles. The minimum atomic E-state index is -0.191. The number of anilines is 1. The molecule has 1 aromatic heterocycles. The molecular weight excluding hydrogens is 366 g/mol. The standard InChI is InChI=1S/C22H27N5O2/c1-4-25-11-13-26(14-12-25)18-6-8-19(9-7-18)27-16-23-20-10-5-17(15-21(20)27)22(28)24(2)29-3/h5-10,15-16H,4,11-14H2,1-3H3. The molecule has 29 heavy (non-hydrogen) atoms. The summed E-state index contributed by atoms with van der Waals surface area (Å²) in [5.74, 6) is -0.191. The molecule has 4 rings (SSSR count). The van der Waals surface area contributed by atoms with Gasteiger partial charge in [-0.1, -0.05) is 6.92 Å². The van der Waals surface area contributed by atoms with E-state index in [0.717, 1.165) is 49.4 Å². The monoisotopic (exact) mass is 393 g/mol. The largest absolute Gasteiger partial charge is 0.369 e. The average molecular weight is 393 g/mol. The molecule has 152 valence electrons. The topological polar surface area (TPSA) is 53.8 Å². The highest BCUT2D eigenvalue weighted by Crippen LogP contribution is 2.23. The molecule has 0 aliphatic carbocycles. The predicted molar refractivity (Wildman–Crippen MR) is 114 cm³/mol. The Bertz CT molecular complexity index is 990. The van der Waals surface area contributed by atoms with E-state index < -0.39 is 0 Å². The zero-order valence-corrected chi connectivity index (χ0v) is 17.2. The van der Waals surface area contributed by atoms with Crippen LogP contribution in [0.4, 0.5) is 5.69 Å². The van der Waals surface area contributed by atoms with Crippen LogP contribution in [0.2, 0.25) is 0 Å². The molecule has 0 atom stereocenters. The minimum Gasteiger partial charge on any atom is -0.369 e. The molecule has 2 aromatic carbocycles. The van der Waals surface area contributed by atoms with Gasteiger partial charge in [0.25, 0.3) is 5.91 Å². The number of nitrogens with zero attached hydrogens (tertiary/aromatic N) is 5. The summed E-state index contributed by atoms with van der Waals surface area (Å²) in [6.45, 7) is 7.66. The average Bonchev–Trinajstić information content (AvgIpc) is 3.21. The molecule has 0 radical (unpaired) electrons. The smallest absolute Gasteiger partial charge is 0.277 e. The van der Waals surface area contributed by atoms with Crippen molar-refractivity contribution in [2.75, 3.05) is 51.8 Å². The van der Waals surface area contributed by atoms with Crippen molar-refractivity contribution >= 4 is 22.6 Å². The van der Waals surface area contributed by atoms with Crippen molar-refractivity contribution < 1.29 is 9.63 Å². The van der Waals surface area contributed by atoms with Crippen molar-refractivity contribution in [1.82, 2.24) is 19.5 Å². The predicted octanol–water partition coefficient (Wildman–Crippen LogP) is 2.80. The third-order valence-electron chi connectivity index (χ3n) is 5.67. The van der Waals surface area contributed by atoms with E-state index in [2.05, 4.69) is 46.0 Å². The van der Waals surface area contributed by atoms with Crippen LogP contribution in [0.3, 0.4) is 0 Å².